The Morgan fingerprint density at radius 1 is 1.00 bits per heavy atom. The van der Waals surface area contributed by atoms with Crippen LogP contribution in [-0.4, -0.2) is 18.8 Å². The molecule has 1 aliphatic rings. The minimum Gasteiger partial charge on any atom is -0.378 e. The lowest BCUT2D eigenvalue weighted by atomic mass is 10.0. The Morgan fingerprint density at radius 3 is 2.27 bits per heavy atom. The van der Waals surface area contributed by atoms with E-state index >= 15 is 0 Å². The fraction of sp³-hybridized carbons (Fsp3) is 0.400. The first-order valence-corrected chi connectivity index (χ1v) is 8.21. The van der Waals surface area contributed by atoms with Crippen LogP contribution in [0.3, 0.4) is 0 Å². The topological polar surface area (TPSA) is 21.3 Å². The van der Waals surface area contributed by atoms with Crippen LogP contribution in [0.15, 0.2) is 48.5 Å². The van der Waals surface area contributed by atoms with Crippen molar-refractivity contribution in [2.75, 3.05) is 6.61 Å². The maximum atomic E-state index is 5.59. The zero-order chi connectivity index (χ0) is 15.4. The summed E-state index contributed by atoms with van der Waals surface area (Å²) in [5.41, 5.74) is 5.21. The Balaban J connectivity index is 1.58. The van der Waals surface area contributed by atoms with Crippen LogP contribution in [0, 0.1) is 6.92 Å². The van der Waals surface area contributed by atoms with Crippen molar-refractivity contribution in [3.05, 3.63) is 59.7 Å². The van der Waals surface area contributed by atoms with Gasteiger partial charge in [0.1, 0.15) is 0 Å². The van der Waals surface area contributed by atoms with Crippen LogP contribution in [-0.2, 0) is 11.3 Å². The van der Waals surface area contributed by atoms with Crippen LogP contribution in [0.4, 0.5) is 0 Å². The number of hydrogen-bond donors (Lipinski definition) is 1. The third-order valence-corrected chi connectivity index (χ3v) is 4.42. The van der Waals surface area contributed by atoms with E-state index in [1.54, 1.807) is 0 Å². The molecule has 0 radical (unpaired) electrons. The Hall–Kier alpha value is -1.64. The highest BCUT2D eigenvalue weighted by molar-refractivity contribution is 5.63. The molecular weight excluding hydrogens is 270 g/mol. The summed E-state index contributed by atoms with van der Waals surface area (Å²) in [5, 5.41) is 3.65. The minimum atomic E-state index is 0.384. The summed E-state index contributed by atoms with van der Waals surface area (Å²) in [5.74, 6) is 0. The highest BCUT2D eigenvalue weighted by atomic mass is 16.5. The molecule has 1 heterocycles. The lowest BCUT2D eigenvalue weighted by Gasteiger charge is -2.28. The van der Waals surface area contributed by atoms with Crippen molar-refractivity contribution in [2.45, 2.75) is 45.4 Å². The van der Waals surface area contributed by atoms with Crippen molar-refractivity contribution in [3.8, 4) is 11.1 Å². The number of benzene rings is 2. The number of aryl methyl sites for hydroxylation is 1. The first-order valence-electron chi connectivity index (χ1n) is 8.21. The largest absolute Gasteiger partial charge is 0.378 e. The van der Waals surface area contributed by atoms with Gasteiger partial charge < -0.3 is 10.1 Å². The molecule has 1 aliphatic heterocycles. The molecule has 2 unspecified atom stereocenters. The average molecular weight is 295 g/mol. The Bertz CT molecular complexity index is 588. The van der Waals surface area contributed by atoms with E-state index in [4.69, 9.17) is 4.74 Å². The second-order valence-electron chi connectivity index (χ2n) is 6.35. The van der Waals surface area contributed by atoms with Gasteiger partial charge in [0.25, 0.3) is 0 Å². The molecule has 0 amide bonds. The summed E-state index contributed by atoms with van der Waals surface area (Å²) in [6.45, 7) is 6.09. The van der Waals surface area contributed by atoms with Gasteiger partial charge in [0.05, 0.1) is 6.10 Å². The van der Waals surface area contributed by atoms with Gasteiger partial charge >= 0.3 is 0 Å². The van der Waals surface area contributed by atoms with Gasteiger partial charge in [-0.3, -0.25) is 0 Å². The lowest BCUT2D eigenvalue weighted by Crippen LogP contribution is -2.37. The molecule has 2 aromatic carbocycles. The van der Waals surface area contributed by atoms with Crippen molar-refractivity contribution < 1.29 is 4.74 Å². The highest BCUT2D eigenvalue weighted by Crippen LogP contribution is 2.20. The molecule has 2 aromatic rings. The Kier molecular flexibility index (Phi) is 4.91. The SMILES string of the molecule is Cc1ccc(-c2ccc(CNC3CCOC(C)C3)cc2)cc1. The Morgan fingerprint density at radius 2 is 1.64 bits per heavy atom. The smallest absolute Gasteiger partial charge is 0.0561 e. The molecule has 2 heteroatoms. The van der Waals surface area contributed by atoms with E-state index < -0.39 is 0 Å². The van der Waals surface area contributed by atoms with Crippen molar-refractivity contribution in [1.29, 1.82) is 0 Å². The predicted molar refractivity (Wildman–Crippen MR) is 91.9 cm³/mol. The molecule has 0 aromatic heterocycles. The predicted octanol–water partition coefficient (Wildman–Crippen LogP) is 4.32. The second-order valence-corrected chi connectivity index (χ2v) is 6.35. The summed E-state index contributed by atoms with van der Waals surface area (Å²) in [4.78, 5) is 0. The van der Waals surface area contributed by atoms with E-state index in [1.807, 2.05) is 0 Å². The van der Waals surface area contributed by atoms with Gasteiger partial charge in [0.2, 0.25) is 0 Å². The molecule has 0 aliphatic carbocycles. The first-order chi connectivity index (χ1) is 10.7. The third kappa shape index (κ3) is 3.96. The van der Waals surface area contributed by atoms with Gasteiger partial charge in [-0.2, -0.15) is 0 Å². The zero-order valence-electron chi connectivity index (χ0n) is 13.5. The summed E-state index contributed by atoms with van der Waals surface area (Å²) in [6.07, 6.45) is 2.61. The van der Waals surface area contributed by atoms with Crippen molar-refractivity contribution in [3.63, 3.8) is 0 Å². The quantitative estimate of drug-likeness (QED) is 0.907. The van der Waals surface area contributed by atoms with Crippen molar-refractivity contribution in [1.82, 2.24) is 5.32 Å². The molecule has 2 nitrogen and oxygen atoms in total. The molecule has 1 N–H and O–H groups in total. The number of rotatable bonds is 4. The zero-order valence-corrected chi connectivity index (χ0v) is 13.5. The van der Waals surface area contributed by atoms with Crippen LogP contribution in [0.5, 0.6) is 0 Å². The van der Waals surface area contributed by atoms with Crippen LogP contribution in [0.1, 0.15) is 30.9 Å². The van der Waals surface area contributed by atoms with Gasteiger partial charge in [-0.25, -0.2) is 0 Å². The average Bonchev–Trinajstić information content (AvgIpc) is 2.54. The third-order valence-electron chi connectivity index (χ3n) is 4.42. The van der Waals surface area contributed by atoms with E-state index in [0.717, 1.165) is 26.0 Å². The summed E-state index contributed by atoms with van der Waals surface area (Å²) >= 11 is 0. The molecule has 2 atom stereocenters. The Labute approximate surface area is 133 Å². The van der Waals surface area contributed by atoms with Crippen LogP contribution in [0.2, 0.25) is 0 Å². The molecule has 0 bridgehead atoms. The van der Waals surface area contributed by atoms with Crippen LogP contribution >= 0.6 is 0 Å². The molecule has 3 rings (SSSR count). The van der Waals surface area contributed by atoms with Crippen molar-refractivity contribution >= 4 is 0 Å². The molecule has 116 valence electrons. The minimum absolute atomic E-state index is 0.384. The summed E-state index contributed by atoms with van der Waals surface area (Å²) in [7, 11) is 0. The van der Waals surface area contributed by atoms with Crippen LogP contribution in [0.25, 0.3) is 11.1 Å². The van der Waals surface area contributed by atoms with E-state index in [1.165, 1.54) is 22.3 Å². The highest BCUT2D eigenvalue weighted by Gasteiger charge is 2.18. The maximum Gasteiger partial charge on any atom is 0.0561 e. The molecular formula is C20H25NO. The van der Waals surface area contributed by atoms with E-state index in [-0.39, 0.29) is 0 Å². The fourth-order valence-corrected chi connectivity index (χ4v) is 3.01. The normalized spacial score (nSPS) is 21.7. The first kappa shape index (κ1) is 15.3. The van der Waals surface area contributed by atoms with Gasteiger partial charge in [-0.1, -0.05) is 54.1 Å². The number of hydrogen-bond acceptors (Lipinski definition) is 2. The van der Waals surface area contributed by atoms with E-state index in [0.29, 0.717) is 12.1 Å². The summed E-state index contributed by atoms with van der Waals surface area (Å²) in [6, 6.07) is 18.2. The maximum absolute atomic E-state index is 5.59. The van der Waals surface area contributed by atoms with Gasteiger partial charge in [-0.05, 0) is 43.4 Å². The van der Waals surface area contributed by atoms with Crippen molar-refractivity contribution in [2.24, 2.45) is 0 Å². The standard InChI is InChI=1S/C20H25NO/c1-15-3-7-18(8-4-15)19-9-5-17(6-10-19)14-21-20-11-12-22-16(2)13-20/h3-10,16,20-21H,11-14H2,1-2H3. The molecule has 22 heavy (non-hydrogen) atoms. The van der Waals surface area contributed by atoms with E-state index in [9.17, 15) is 0 Å². The van der Waals surface area contributed by atoms with Crippen LogP contribution < -0.4 is 5.32 Å². The molecule has 1 saturated heterocycles. The number of nitrogens with one attached hydrogen (secondary N) is 1. The lowest BCUT2D eigenvalue weighted by molar-refractivity contribution is 0.0130. The molecule has 0 spiro atoms. The van der Waals surface area contributed by atoms with E-state index in [2.05, 4.69) is 67.7 Å². The second kappa shape index (κ2) is 7.08. The van der Waals surface area contributed by atoms with Gasteiger partial charge in [0, 0.05) is 19.2 Å². The summed E-state index contributed by atoms with van der Waals surface area (Å²) < 4.78 is 5.59. The molecule has 1 fully saturated rings. The monoisotopic (exact) mass is 295 g/mol. The molecule has 0 saturated carbocycles. The van der Waals surface area contributed by atoms with Gasteiger partial charge in [-0.15, -0.1) is 0 Å². The fourth-order valence-electron chi connectivity index (χ4n) is 3.01. The number of ether oxygens (including phenoxy) is 1. The van der Waals surface area contributed by atoms with Gasteiger partial charge in [0.15, 0.2) is 0 Å².